The Kier molecular flexibility index (Phi) is 4.64. The molecule has 6 heteroatoms. The third-order valence-electron chi connectivity index (χ3n) is 4.18. The van der Waals surface area contributed by atoms with Gasteiger partial charge in [-0.05, 0) is 32.9 Å². The molecule has 0 spiro atoms. The Morgan fingerprint density at radius 2 is 2.11 bits per heavy atom. The maximum Gasteiger partial charge on any atom is 0.215 e. The molecule has 0 saturated carbocycles. The molecule has 1 N–H and O–H groups in total. The van der Waals surface area contributed by atoms with Crippen LogP contribution >= 0.6 is 0 Å². The summed E-state index contributed by atoms with van der Waals surface area (Å²) in [4.78, 5) is 2.26. The topological polar surface area (TPSA) is 52.7 Å². The summed E-state index contributed by atoms with van der Waals surface area (Å²) in [6.07, 6.45) is 3.09. The molecule has 0 radical (unpaired) electrons. The summed E-state index contributed by atoms with van der Waals surface area (Å²) in [5.41, 5.74) is 0. The summed E-state index contributed by atoms with van der Waals surface area (Å²) in [6, 6.07) is 0.528. The van der Waals surface area contributed by atoms with Crippen molar-refractivity contribution in [1.29, 1.82) is 0 Å². The first-order valence-electron chi connectivity index (χ1n) is 6.94. The van der Waals surface area contributed by atoms with Gasteiger partial charge in [-0.3, -0.25) is 0 Å². The zero-order valence-corrected chi connectivity index (χ0v) is 12.2. The second-order valence-corrected chi connectivity index (χ2v) is 7.49. The highest BCUT2D eigenvalue weighted by Crippen LogP contribution is 2.17. The predicted octanol–water partition coefficient (Wildman–Crippen LogP) is 0.0942. The second kappa shape index (κ2) is 5.86. The van der Waals surface area contributed by atoms with E-state index in [2.05, 4.69) is 24.2 Å². The van der Waals surface area contributed by atoms with Crippen LogP contribution in [0.5, 0.6) is 0 Å². The molecule has 0 aliphatic carbocycles. The molecule has 0 bridgehead atoms. The zero-order chi connectivity index (χ0) is 13.2. The number of rotatable bonds is 4. The van der Waals surface area contributed by atoms with E-state index in [0.29, 0.717) is 19.1 Å². The molecule has 0 aromatic carbocycles. The third kappa shape index (κ3) is 3.23. The SMILES string of the molecule is CCC1CN(S(=O)(=O)CC2CCCN2)CCN1C. The zero-order valence-electron chi connectivity index (χ0n) is 11.4. The molecule has 2 aliphatic heterocycles. The van der Waals surface area contributed by atoms with Crippen LogP contribution in [0.2, 0.25) is 0 Å². The first-order chi connectivity index (χ1) is 8.53. The van der Waals surface area contributed by atoms with Crippen molar-refractivity contribution in [2.45, 2.75) is 38.3 Å². The predicted molar refractivity (Wildman–Crippen MR) is 73.1 cm³/mol. The normalized spacial score (nSPS) is 31.9. The van der Waals surface area contributed by atoms with Gasteiger partial charge in [0, 0.05) is 31.7 Å². The van der Waals surface area contributed by atoms with Gasteiger partial charge >= 0.3 is 0 Å². The van der Waals surface area contributed by atoms with Crippen molar-refractivity contribution in [3.8, 4) is 0 Å². The first kappa shape index (κ1) is 14.2. The van der Waals surface area contributed by atoms with Crippen molar-refractivity contribution >= 4 is 10.0 Å². The number of hydrogen-bond acceptors (Lipinski definition) is 4. The minimum Gasteiger partial charge on any atom is -0.313 e. The summed E-state index contributed by atoms with van der Waals surface area (Å²) in [5, 5.41) is 3.27. The van der Waals surface area contributed by atoms with Gasteiger partial charge in [0.15, 0.2) is 0 Å². The minimum absolute atomic E-state index is 0.162. The van der Waals surface area contributed by atoms with E-state index in [9.17, 15) is 8.42 Å². The summed E-state index contributed by atoms with van der Waals surface area (Å²) in [5.74, 6) is 0.271. The fourth-order valence-corrected chi connectivity index (χ4v) is 4.63. The molecule has 18 heavy (non-hydrogen) atoms. The highest BCUT2D eigenvalue weighted by molar-refractivity contribution is 7.89. The average Bonchev–Trinajstić information content (AvgIpc) is 2.81. The Balaban J connectivity index is 1.96. The van der Waals surface area contributed by atoms with E-state index in [1.807, 2.05) is 0 Å². The van der Waals surface area contributed by atoms with Crippen molar-refractivity contribution in [3.05, 3.63) is 0 Å². The van der Waals surface area contributed by atoms with Gasteiger partial charge in [0.1, 0.15) is 0 Å². The van der Waals surface area contributed by atoms with E-state index in [4.69, 9.17) is 0 Å². The smallest absolute Gasteiger partial charge is 0.215 e. The van der Waals surface area contributed by atoms with Crippen LogP contribution in [-0.2, 0) is 10.0 Å². The van der Waals surface area contributed by atoms with Crippen LogP contribution in [0.15, 0.2) is 0 Å². The minimum atomic E-state index is -3.09. The molecular weight excluding hydrogens is 250 g/mol. The van der Waals surface area contributed by atoms with Crippen LogP contribution in [0.3, 0.4) is 0 Å². The van der Waals surface area contributed by atoms with Gasteiger partial charge in [-0.25, -0.2) is 8.42 Å². The number of nitrogens with one attached hydrogen (secondary N) is 1. The van der Waals surface area contributed by atoms with Crippen molar-refractivity contribution in [3.63, 3.8) is 0 Å². The Morgan fingerprint density at radius 3 is 2.72 bits per heavy atom. The van der Waals surface area contributed by atoms with Crippen LogP contribution < -0.4 is 5.32 Å². The van der Waals surface area contributed by atoms with Crippen LogP contribution in [0, 0.1) is 0 Å². The maximum atomic E-state index is 12.4. The molecule has 2 unspecified atom stereocenters. The van der Waals surface area contributed by atoms with Gasteiger partial charge < -0.3 is 10.2 Å². The van der Waals surface area contributed by atoms with Crippen molar-refractivity contribution in [2.75, 3.05) is 39.0 Å². The van der Waals surface area contributed by atoms with E-state index in [-0.39, 0.29) is 11.8 Å². The molecule has 2 fully saturated rings. The second-order valence-electron chi connectivity index (χ2n) is 5.47. The van der Waals surface area contributed by atoms with Gasteiger partial charge in [-0.2, -0.15) is 4.31 Å². The summed E-state index contributed by atoms with van der Waals surface area (Å²) in [6.45, 7) is 5.22. The molecule has 2 rings (SSSR count). The van der Waals surface area contributed by atoms with E-state index in [1.165, 1.54) is 0 Å². The van der Waals surface area contributed by atoms with Crippen LogP contribution in [0.1, 0.15) is 26.2 Å². The molecule has 106 valence electrons. The lowest BCUT2D eigenvalue weighted by atomic mass is 10.1. The van der Waals surface area contributed by atoms with E-state index in [1.54, 1.807) is 4.31 Å². The lowest BCUT2D eigenvalue weighted by Gasteiger charge is -2.38. The largest absolute Gasteiger partial charge is 0.313 e. The van der Waals surface area contributed by atoms with Crippen molar-refractivity contribution < 1.29 is 8.42 Å². The first-order valence-corrected chi connectivity index (χ1v) is 8.55. The summed E-state index contributed by atoms with van der Waals surface area (Å²) in [7, 11) is -1.01. The lowest BCUT2D eigenvalue weighted by molar-refractivity contribution is 0.144. The third-order valence-corrected chi connectivity index (χ3v) is 6.12. The van der Waals surface area contributed by atoms with Crippen LogP contribution in [0.4, 0.5) is 0 Å². The number of nitrogens with zero attached hydrogens (tertiary/aromatic N) is 2. The maximum absolute atomic E-state index is 12.4. The molecule has 0 amide bonds. The number of hydrogen-bond donors (Lipinski definition) is 1. The van der Waals surface area contributed by atoms with Gasteiger partial charge in [-0.1, -0.05) is 6.92 Å². The van der Waals surface area contributed by atoms with Crippen molar-refractivity contribution in [2.24, 2.45) is 0 Å². The van der Waals surface area contributed by atoms with E-state index in [0.717, 1.165) is 32.4 Å². The van der Waals surface area contributed by atoms with Gasteiger partial charge in [0.25, 0.3) is 0 Å². The Labute approximate surface area is 111 Å². The van der Waals surface area contributed by atoms with Crippen LogP contribution in [-0.4, -0.2) is 68.7 Å². The monoisotopic (exact) mass is 275 g/mol. The Morgan fingerprint density at radius 1 is 1.33 bits per heavy atom. The Hall–Kier alpha value is -0.170. The Bertz CT molecular complexity index is 366. The van der Waals surface area contributed by atoms with Gasteiger partial charge in [-0.15, -0.1) is 0 Å². The molecule has 2 aliphatic rings. The quantitative estimate of drug-likeness (QED) is 0.790. The average molecular weight is 275 g/mol. The molecule has 5 nitrogen and oxygen atoms in total. The molecule has 0 aromatic rings. The standard InChI is InChI=1S/C12H25N3O2S/c1-3-12-9-15(8-7-14(12)2)18(16,17)10-11-5-4-6-13-11/h11-13H,3-10H2,1-2H3. The molecule has 0 aromatic heterocycles. The van der Waals surface area contributed by atoms with Gasteiger partial charge in [0.05, 0.1) is 5.75 Å². The van der Waals surface area contributed by atoms with E-state index >= 15 is 0 Å². The number of likely N-dealkylation sites (N-methyl/N-ethyl adjacent to an activating group) is 1. The molecule has 2 atom stereocenters. The molecular formula is C12H25N3O2S. The molecule has 2 saturated heterocycles. The van der Waals surface area contributed by atoms with Crippen LogP contribution in [0.25, 0.3) is 0 Å². The fourth-order valence-electron chi connectivity index (χ4n) is 2.87. The van der Waals surface area contributed by atoms with Gasteiger partial charge in [0.2, 0.25) is 10.0 Å². The highest BCUT2D eigenvalue weighted by Gasteiger charge is 2.32. The number of piperazine rings is 1. The lowest BCUT2D eigenvalue weighted by Crippen LogP contribution is -2.54. The summed E-state index contributed by atoms with van der Waals surface area (Å²) >= 11 is 0. The van der Waals surface area contributed by atoms with E-state index < -0.39 is 10.0 Å². The molecule has 2 heterocycles. The number of sulfonamides is 1. The fraction of sp³-hybridized carbons (Fsp3) is 1.00. The highest BCUT2D eigenvalue weighted by atomic mass is 32.2. The van der Waals surface area contributed by atoms with Crippen molar-refractivity contribution in [1.82, 2.24) is 14.5 Å². The summed E-state index contributed by atoms with van der Waals surface area (Å²) < 4.78 is 26.4.